The standard InChI is InChI=1S/C16H21N3O4S/c1-16(2,3)23-15(22)6-4-5-13-18-12(10-24-13)11-7-17-19(8-11)9-14(20)21/h7-8,10H,4-6,9H2,1-3H3,(H,20,21). The Balaban J connectivity index is 1.86. The van der Waals surface area contributed by atoms with Crippen LogP contribution in [0.2, 0.25) is 0 Å². The first-order chi connectivity index (χ1) is 11.2. The zero-order valence-corrected chi connectivity index (χ0v) is 14.8. The fourth-order valence-corrected chi connectivity index (χ4v) is 2.91. The molecule has 2 rings (SSSR count). The molecule has 8 heteroatoms. The fraction of sp³-hybridized carbons (Fsp3) is 0.500. The molecule has 0 atom stereocenters. The summed E-state index contributed by atoms with van der Waals surface area (Å²) in [4.78, 5) is 26.8. The first kappa shape index (κ1) is 18.1. The van der Waals surface area contributed by atoms with E-state index in [2.05, 4.69) is 10.1 Å². The van der Waals surface area contributed by atoms with Crippen molar-refractivity contribution in [3.63, 3.8) is 0 Å². The number of esters is 1. The van der Waals surface area contributed by atoms with Crippen LogP contribution in [0.5, 0.6) is 0 Å². The highest BCUT2D eigenvalue weighted by molar-refractivity contribution is 7.09. The predicted molar refractivity (Wildman–Crippen MR) is 89.8 cm³/mol. The molecule has 2 aromatic heterocycles. The van der Waals surface area contributed by atoms with Gasteiger partial charge in [0.2, 0.25) is 0 Å². The van der Waals surface area contributed by atoms with Gasteiger partial charge in [0.1, 0.15) is 12.1 Å². The van der Waals surface area contributed by atoms with Crippen LogP contribution >= 0.6 is 11.3 Å². The Hall–Kier alpha value is -2.22. The summed E-state index contributed by atoms with van der Waals surface area (Å²) in [7, 11) is 0. The number of aryl methyl sites for hydroxylation is 1. The minimum absolute atomic E-state index is 0.174. The van der Waals surface area contributed by atoms with E-state index in [1.165, 1.54) is 16.0 Å². The molecule has 24 heavy (non-hydrogen) atoms. The summed E-state index contributed by atoms with van der Waals surface area (Å²) in [6.07, 6.45) is 5.01. The van der Waals surface area contributed by atoms with Gasteiger partial charge in [0.15, 0.2) is 0 Å². The zero-order valence-electron chi connectivity index (χ0n) is 14.0. The molecule has 0 spiro atoms. The summed E-state index contributed by atoms with van der Waals surface area (Å²) in [5.41, 5.74) is 1.09. The summed E-state index contributed by atoms with van der Waals surface area (Å²) in [6, 6.07) is 0. The van der Waals surface area contributed by atoms with E-state index in [4.69, 9.17) is 9.84 Å². The number of hydrogen-bond acceptors (Lipinski definition) is 6. The minimum Gasteiger partial charge on any atom is -0.480 e. The van der Waals surface area contributed by atoms with Crippen LogP contribution in [0, 0.1) is 0 Å². The lowest BCUT2D eigenvalue weighted by Crippen LogP contribution is -2.23. The number of nitrogens with zero attached hydrogens (tertiary/aromatic N) is 3. The summed E-state index contributed by atoms with van der Waals surface area (Å²) in [5, 5.41) is 15.6. The first-order valence-electron chi connectivity index (χ1n) is 7.64. The molecular weight excluding hydrogens is 330 g/mol. The zero-order chi connectivity index (χ0) is 17.7. The Morgan fingerprint density at radius 3 is 2.79 bits per heavy atom. The van der Waals surface area contributed by atoms with Crippen molar-refractivity contribution < 1.29 is 19.4 Å². The quantitative estimate of drug-likeness (QED) is 0.771. The van der Waals surface area contributed by atoms with Crippen molar-refractivity contribution in [1.82, 2.24) is 14.8 Å². The van der Waals surface area contributed by atoms with E-state index in [1.54, 1.807) is 12.4 Å². The lowest BCUT2D eigenvalue weighted by atomic mass is 10.2. The molecule has 0 radical (unpaired) electrons. The fourth-order valence-electron chi connectivity index (χ4n) is 2.06. The molecular formula is C16H21N3O4S. The number of carbonyl (C=O) groups excluding carboxylic acids is 1. The smallest absolute Gasteiger partial charge is 0.325 e. The van der Waals surface area contributed by atoms with Gasteiger partial charge in [-0.3, -0.25) is 14.3 Å². The largest absolute Gasteiger partial charge is 0.480 e. The van der Waals surface area contributed by atoms with Gasteiger partial charge in [-0.05, 0) is 33.6 Å². The average Bonchev–Trinajstić information content (AvgIpc) is 3.05. The van der Waals surface area contributed by atoms with Crippen molar-refractivity contribution in [3.8, 4) is 11.3 Å². The van der Waals surface area contributed by atoms with Crippen molar-refractivity contribution in [3.05, 3.63) is 22.8 Å². The SMILES string of the molecule is CC(C)(C)OC(=O)CCCc1nc(-c2cnn(CC(=O)O)c2)cs1. The summed E-state index contributed by atoms with van der Waals surface area (Å²) in [5.74, 6) is -1.14. The van der Waals surface area contributed by atoms with Crippen molar-refractivity contribution in [2.24, 2.45) is 0 Å². The molecule has 1 N–H and O–H groups in total. The van der Waals surface area contributed by atoms with Crippen LogP contribution in [-0.4, -0.2) is 37.4 Å². The van der Waals surface area contributed by atoms with E-state index in [-0.39, 0.29) is 12.5 Å². The van der Waals surface area contributed by atoms with Gasteiger partial charge in [-0.15, -0.1) is 11.3 Å². The van der Waals surface area contributed by atoms with Crippen molar-refractivity contribution in [2.75, 3.05) is 0 Å². The Morgan fingerprint density at radius 2 is 2.12 bits per heavy atom. The lowest BCUT2D eigenvalue weighted by Gasteiger charge is -2.19. The monoisotopic (exact) mass is 351 g/mol. The number of carboxylic acid groups (broad SMARTS) is 1. The van der Waals surface area contributed by atoms with E-state index in [0.717, 1.165) is 16.3 Å². The van der Waals surface area contributed by atoms with E-state index in [0.29, 0.717) is 19.3 Å². The summed E-state index contributed by atoms with van der Waals surface area (Å²) >= 11 is 1.52. The van der Waals surface area contributed by atoms with E-state index in [9.17, 15) is 9.59 Å². The Bertz CT molecular complexity index is 715. The number of carbonyl (C=O) groups is 2. The summed E-state index contributed by atoms with van der Waals surface area (Å²) in [6.45, 7) is 5.38. The molecule has 0 bridgehead atoms. The maximum absolute atomic E-state index is 11.7. The number of ether oxygens (including phenoxy) is 1. The number of aliphatic carboxylic acids is 1. The van der Waals surface area contributed by atoms with Crippen LogP contribution in [0.25, 0.3) is 11.3 Å². The van der Waals surface area contributed by atoms with E-state index >= 15 is 0 Å². The van der Waals surface area contributed by atoms with Gasteiger partial charge in [-0.2, -0.15) is 5.10 Å². The predicted octanol–water partition coefficient (Wildman–Crippen LogP) is 2.76. The molecule has 0 unspecified atom stereocenters. The molecule has 0 amide bonds. The van der Waals surface area contributed by atoms with Crippen molar-refractivity contribution in [2.45, 2.75) is 52.2 Å². The minimum atomic E-state index is -0.939. The molecule has 7 nitrogen and oxygen atoms in total. The highest BCUT2D eigenvalue weighted by atomic mass is 32.1. The number of aromatic nitrogens is 3. The van der Waals surface area contributed by atoms with Crippen LogP contribution in [0.15, 0.2) is 17.8 Å². The maximum Gasteiger partial charge on any atom is 0.325 e. The Morgan fingerprint density at radius 1 is 1.38 bits per heavy atom. The van der Waals surface area contributed by atoms with Crippen molar-refractivity contribution >= 4 is 23.3 Å². The van der Waals surface area contributed by atoms with Gasteiger partial charge in [0.05, 0.1) is 16.9 Å². The molecule has 2 aromatic rings. The number of thiazole rings is 1. The molecule has 0 aromatic carbocycles. The normalized spacial score (nSPS) is 11.5. The molecule has 130 valence electrons. The third-order valence-corrected chi connectivity index (χ3v) is 3.88. The van der Waals surface area contributed by atoms with Gasteiger partial charge in [-0.25, -0.2) is 4.98 Å². The van der Waals surface area contributed by atoms with Gasteiger partial charge < -0.3 is 9.84 Å². The molecule has 2 heterocycles. The highest BCUT2D eigenvalue weighted by Gasteiger charge is 2.16. The van der Waals surface area contributed by atoms with Crippen LogP contribution in [-0.2, 0) is 27.3 Å². The second kappa shape index (κ2) is 7.57. The molecule has 0 saturated carbocycles. The second-order valence-corrected chi connectivity index (χ2v) is 7.33. The summed E-state index contributed by atoms with van der Waals surface area (Å²) < 4.78 is 6.63. The lowest BCUT2D eigenvalue weighted by molar-refractivity contribution is -0.154. The van der Waals surface area contributed by atoms with Crippen LogP contribution < -0.4 is 0 Å². The van der Waals surface area contributed by atoms with Crippen molar-refractivity contribution in [1.29, 1.82) is 0 Å². The molecule has 0 aliphatic carbocycles. The third kappa shape index (κ3) is 5.77. The molecule has 0 saturated heterocycles. The first-order valence-corrected chi connectivity index (χ1v) is 8.52. The Labute approximate surface area is 144 Å². The topological polar surface area (TPSA) is 94.3 Å². The van der Waals surface area contributed by atoms with E-state index < -0.39 is 11.6 Å². The molecule has 0 aliphatic heterocycles. The van der Waals surface area contributed by atoms with Crippen LogP contribution in [0.4, 0.5) is 0 Å². The number of hydrogen-bond donors (Lipinski definition) is 1. The van der Waals surface area contributed by atoms with Gasteiger partial charge in [-0.1, -0.05) is 0 Å². The highest BCUT2D eigenvalue weighted by Crippen LogP contribution is 2.22. The van der Waals surface area contributed by atoms with E-state index in [1.807, 2.05) is 26.2 Å². The maximum atomic E-state index is 11.7. The number of rotatable bonds is 7. The van der Waals surface area contributed by atoms with Gasteiger partial charge in [0, 0.05) is 23.6 Å². The van der Waals surface area contributed by atoms with Gasteiger partial charge in [0.25, 0.3) is 0 Å². The Kier molecular flexibility index (Phi) is 5.71. The third-order valence-electron chi connectivity index (χ3n) is 2.97. The van der Waals surface area contributed by atoms with Gasteiger partial charge >= 0.3 is 11.9 Å². The second-order valence-electron chi connectivity index (χ2n) is 6.39. The van der Waals surface area contributed by atoms with Crippen LogP contribution in [0.3, 0.4) is 0 Å². The molecule has 0 fully saturated rings. The average molecular weight is 351 g/mol. The molecule has 0 aliphatic rings. The van der Waals surface area contributed by atoms with Crippen LogP contribution in [0.1, 0.15) is 38.6 Å². The number of carboxylic acids is 1.